The molecule has 30 heavy (non-hydrogen) atoms. The molecule has 0 aliphatic rings. The van der Waals surface area contributed by atoms with Crippen LogP contribution in [0, 0.1) is 11.3 Å². The molecule has 156 valence electrons. The molecule has 3 N–H and O–H groups in total. The van der Waals surface area contributed by atoms with Crippen molar-refractivity contribution >= 4 is 50.5 Å². The van der Waals surface area contributed by atoms with E-state index in [4.69, 9.17) is 16.9 Å². The molecule has 0 saturated carbocycles. The number of nitrogens with zero attached hydrogens (tertiary/aromatic N) is 5. The van der Waals surface area contributed by atoms with Gasteiger partial charge in [0.25, 0.3) is 0 Å². The first kappa shape index (κ1) is 21.4. The van der Waals surface area contributed by atoms with Crippen LogP contribution in [0.3, 0.4) is 0 Å². The summed E-state index contributed by atoms with van der Waals surface area (Å²) < 4.78 is 27.3. The standard InChI is InChI=1S/C18H19ClN8O2S/c1-30(28,29)26-16-7-3-2-6-15(16)24-17-14(19)11-21-18(25-17)23-13-10-22-27(12-13)9-5-4-8-20/h2-3,6-7,10-12,26H,4-5,9H2,1H3,(H2,21,23,24,25). The summed E-state index contributed by atoms with van der Waals surface area (Å²) in [6.45, 7) is 0.633. The molecule has 0 amide bonds. The summed E-state index contributed by atoms with van der Waals surface area (Å²) in [7, 11) is -3.45. The van der Waals surface area contributed by atoms with Gasteiger partial charge in [0.15, 0.2) is 5.82 Å². The van der Waals surface area contributed by atoms with Crippen LogP contribution in [0.15, 0.2) is 42.9 Å². The van der Waals surface area contributed by atoms with Crippen LogP contribution < -0.4 is 15.4 Å². The van der Waals surface area contributed by atoms with E-state index in [0.717, 1.165) is 6.26 Å². The van der Waals surface area contributed by atoms with Gasteiger partial charge in [-0.15, -0.1) is 0 Å². The number of para-hydroxylation sites is 2. The minimum Gasteiger partial charge on any atom is -0.337 e. The molecule has 0 atom stereocenters. The van der Waals surface area contributed by atoms with E-state index < -0.39 is 10.0 Å². The molecule has 0 radical (unpaired) electrons. The van der Waals surface area contributed by atoms with Gasteiger partial charge in [-0.05, 0) is 18.6 Å². The van der Waals surface area contributed by atoms with Crippen LogP contribution in [0.25, 0.3) is 0 Å². The highest BCUT2D eigenvalue weighted by molar-refractivity contribution is 7.92. The van der Waals surface area contributed by atoms with Crippen LogP contribution in [0.1, 0.15) is 12.8 Å². The van der Waals surface area contributed by atoms with Crippen molar-refractivity contribution in [2.75, 3.05) is 21.6 Å². The molecule has 0 saturated heterocycles. The molecule has 3 rings (SSSR count). The molecule has 3 aromatic rings. The summed E-state index contributed by atoms with van der Waals surface area (Å²) in [5.41, 5.74) is 1.53. The fourth-order valence-electron chi connectivity index (χ4n) is 2.52. The normalized spacial score (nSPS) is 11.0. The maximum atomic E-state index is 11.6. The van der Waals surface area contributed by atoms with Gasteiger partial charge in [-0.1, -0.05) is 23.7 Å². The second kappa shape index (κ2) is 9.43. The van der Waals surface area contributed by atoms with Crippen LogP contribution >= 0.6 is 11.6 Å². The van der Waals surface area contributed by atoms with Crippen LogP contribution in [0.5, 0.6) is 0 Å². The highest BCUT2D eigenvalue weighted by Gasteiger charge is 2.11. The Balaban J connectivity index is 1.76. The number of anilines is 5. The first-order valence-electron chi connectivity index (χ1n) is 8.87. The van der Waals surface area contributed by atoms with E-state index in [-0.39, 0.29) is 11.0 Å². The molecule has 1 aromatic carbocycles. The van der Waals surface area contributed by atoms with Gasteiger partial charge in [0.1, 0.15) is 5.02 Å². The van der Waals surface area contributed by atoms with E-state index in [1.807, 2.05) is 0 Å². The molecular weight excluding hydrogens is 428 g/mol. The fourth-order valence-corrected chi connectivity index (χ4v) is 3.24. The SMILES string of the molecule is CS(=O)(=O)Nc1ccccc1Nc1nc(Nc2cnn(CCCC#N)c2)ncc1Cl. The monoisotopic (exact) mass is 446 g/mol. The van der Waals surface area contributed by atoms with Gasteiger partial charge >= 0.3 is 0 Å². The largest absolute Gasteiger partial charge is 0.337 e. The maximum Gasteiger partial charge on any atom is 0.229 e. The van der Waals surface area contributed by atoms with E-state index in [1.54, 1.807) is 41.3 Å². The van der Waals surface area contributed by atoms with Gasteiger partial charge < -0.3 is 10.6 Å². The van der Waals surface area contributed by atoms with Crippen molar-refractivity contribution in [3.8, 4) is 6.07 Å². The topological polar surface area (TPSA) is 138 Å². The predicted molar refractivity (Wildman–Crippen MR) is 116 cm³/mol. The molecule has 0 spiro atoms. The highest BCUT2D eigenvalue weighted by Crippen LogP contribution is 2.29. The first-order valence-corrected chi connectivity index (χ1v) is 11.1. The van der Waals surface area contributed by atoms with E-state index in [0.29, 0.717) is 42.3 Å². The fraction of sp³-hybridized carbons (Fsp3) is 0.222. The van der Waals surface area contributed by atoms with Crippen LogP contribution in [0.2, 0.25) is 5.02 Å². The van der Waals surface area contributed by atoms with Crippen LogP contribution in [0.4, 0.5) is 28.8 Å². The second-order valence-electron chi connectivity index (χ2n) is 6.31. The van der Waals surface area contributed by atoms with Crippen molar-refractivity contribution in [1.82, 2.24) is 19.7 Å². The zero-order valence-electron chi connectivity index (χ0n) is 16.0. The number of unbranched alkanes of at least 4 members (excludes halogenated alkanes) is 1. The number of hydrogen-bond acceptors (Lipinski definition) is 8. The van der Waals surface area contributed by atoms with Gasteiger partial charge in [0, 0.05) is 19.2 Å². The zero-order chi connectivity index (χ0) is 21.6. The average molecular weight is 447 g/mol. The van der Waals surface area contributed by atoms with Gasteiger partial charge in [0.2, 0.25) is 16.0 Å². The third-order valence-corrected chi connectivity index (χ3v) is 4.65. The molecule has 2 aromatic heterocycles. The third-order valence-electron chi connectivity index (χ3n) is 3.78. The molecule has 0 unspecified atom stereocenters. The van der Waals surface area contributed by atoms with Gasteiger partial charge in [0.05, 0.1) is 41.8 Å². The van der Waals surface area contributed by atoms with Crippen molar-refractivity contribution in [1.29, 1.82) is 5.26 Å². The molecule has 10 nitrogen and oxygen atoms in total. The second-order valence-corrected chi connectivity index (χ2v) is 8.47. The minimum absolute atomic E-state index is 0.266. The van der Waals surface area contributed by atoms with Gasteiger partial charge in [-0.3, -0.25) is 9.40 Å². The molecule has 0 aliphatic heterocycles. The quantitative estimate of drug-likeness (QED) is 0.424. The Morgan fingerprint density at radius 3 is 2.70 bits per heavy atom. The summed E-state index contributed by atoms with van der Waals surface area (Å²) >= 11 is 6.21. The Labute approximate surface area is 179 Å². The molecule has 0 aliphatic carbocycles. The lowest BCUT2D eigenvalue weighted by Gasteiger charge is -2.13. The van der Waals surface area contributed by atoms with Crippen molar-refractivity contribution in [2.45, 2.75) is 19.4 Å². The molecule has 0 bridgehead atoms. The predicted octanol–water partition coefficient (Wildman–Crippen LogP) is 3.49. The Kier molecular flexibility index (Phi) is 6.71. The number of sulfonamides is 1. The summed E-state index contributed by atoms with van der Waals surface area (Å²) in [5.74, 6) is 0.588. The van der Waals surface area contributed by atoms with E-state index in [1.165, 1.54) is 6.20 Å². The molecule has 0 fully saturated rings. The summed E-state index contributed by atoms with van der Waals surface area (Å²) in [6.07, 6.45) is 7.10. The first-order chi connectivity index (χ1) is 14.3. The Morgan fingerprint density at radius 2 is 1.97 bits per heavy atom. The zero-order valence-corrected chi connectivity index (χ0v) is 17.6. The average Bonchev–Trinajstić information content (AvgIpc) is 3.12. The molecular formula is C18H19ClN8O2S. The number of hydrogen-bond donors (Lipinski definition) is 3. The van der Waals surface area contributed by atoms with Gasteiger partial charge in [-0.25, -0.2) is 13.4 Å². The van der Waals surface area contributed by atoms with Crippen LogP contribution in [-0.4, -0.2) is 34.4 Å². The number of benzene rings is 1. The number of aromatic nitrogens is 4. The van der Waals surface area contributed by atoms with E-state index in [2.05, 4.69) is 36.5 Å². The lowest BCUT2D eigenvalue weighted by Crippen LogP contribution is -2.11. The van der Waals surface area contributed by atoms with Gasteiger partial charge in [-0.2, -0.15) is 15.3 Å². The third kappa shape index (κ3) is 6.07. The summed E-state index contributed by atoms with van der Waals surface area (Å²) in [6, 6.07) is 8.88. The number of nitriles is 1. The van der Waals surface area contributed by atoms with Crippen LogP contribution in [-0.2, 0) is 16.6 Å². The molecule has 2 heterocycles. The van der Waals surface area contributed by atoms with Crippen molar-refractivity contribution in [3.63, 3.8) is 0 Å². The number of rotatable bonds is 9. The van der Waals surface area contributed by atoms with Crippen molar-refractivity contribution in [2.24, 2.45) is 0 Å². The number of halogens is 1. The Hall–Kier alpha value is -3.36. The highest BCUT2D eigenvalue weighted by atomic mass is 35.5. The molecule has 12 heteroatoms. The summed E-state index contributed by atoms with van der Waals surface area (Å²) in [4.78, 5) is 8.52. The summed E-state index contributed by atoms with van der Waals surface area (Å²) in [5, 5.41) is 19.2. The van der Waals surface area contributed by atoms with E-state index in [9.17, 15) is 8.42 Å². The minimum atomic E-state index is -3.45. The maximum absolute atomic E-state index is 11.6. The van der Waals surface area contributed by atoms with E-state index >= 15 is 0 Å². The lowest BCUT2D eigenvalue weighted by atomic mass is 10.2. The Morgan fingerprint density at radius 1 is 1.20 bits per heavy atom. The van der Waals surface area contributed by atoms with Crippen molar-refractivity contribution < 1.29 is 8.42 Å². The Bertz CT molecular complexity index is 1170. The van der Waals surface area contributed by atoms with Crippen molar-refractivity contribution in [3.05, 3.63) is 47.9 Å². The number of nitrogens with one attached hydrogen (secondary N) is 3. The number of aryl methyl sites for hydroxylation is 1. The smallest absolute Gasteiger partial charge is 0.229 e. The lowest BCUT2D eigenvalue weighted by molar-refractivity contribution is 0.586.